The third-order valence-electron chi connectivity index (χ3n) is 5.59. The number of ketones is 1. The van der Waals surface area contributed by atoms with Crippen LogP contribution in [-0.4, -0.2) is 16.5 Å². The highest BCUT2D eigenvalue weighted by atomic mass is 35.5. The number of halogens is 1. The summed E-state index contributed by atoms with van der Waals surface area (Å²) < 4.78 is 0. The van der Waals surface area contributed by atoms with Gasteiger partial charge in [-0.05, 0) is 48.1 Å². The van der Waals surface area contributed by atoms with Gasteiger partial charge in [0.05, 0.1) is 6.54 Å². The fourth-order valence-electron chi connectivity index (χ4n) is 3.82. The van der Waals surface area contributed by atoms with Crippen molar-refractivity contribution in [1.29, 1.82) is 0 Å². The molecule has 0 spiro atoms. The fraction of sp³-hybridized carbons (Fsp3) is 0.409. The zero-order chi connectivity index (χ0) is 18.1. The number of nitrogens with zero attached hydrogens (tertiary/aromatic N) is 2. The third-order valence-corrected chi connectivity index (χ3v) is 5.84. The average molecular weight is 367 g/mol. The lowest BCUT2D eigenvalue weighted by molar-refractivity contribution is -0.118. The van der Waals surface area contributed by atoms with Crippen LogP contribution in [0, 0.1) is 5.92 Å². The first-order valence-corrected chi connectivity index (χ1v) is 9.77. The van der Waals surface area contributed by atoms with Crippen molar-refractivity contribution in [1.82, 2.24) is 4.98 Å². The lowest BCUT2D eigenvalue weighted by Crippen LogP contribution is -2.22. The van der Waals surface area contributed by atoms with Crippen molar-refractivity contribution in [3.63, 3.8) is 0 Å². The third kappa shape index (κ3) is 3.59. The van der Waals surface area contributed by atoms with E-state index in [0.29, 0.717) is 18.8 Å². The Labute approximate surface area is 159 Å². The number of carbonyl (C=O) groups is 1. The van der Waals surface area contributed by atoms with Crippen LogP contribution in [0.4, 0.5) is 0 Å². The number of benzene rings is 1. The van der Waals surface area contributed by atoms with Gasteiger partial charge in [-0.1, -0.05) is 37.1 Å². The second-order valence-corrected chi connectivity index (χ2v) is 7.97. The molecule has 1 fully saturated rings. The molecule has 4 heteroatoms. The second-order valence-electron chi connectivity index (χ2n) is 7.53. The summed E-state index contributed by atoms with van der Waals surface area (Å²) in [7, 11) is 0. The predicted molar refractivity (Wildman–Crippen MR) is 105 cm³/mol. The molecule has 1 aromatic heterocycles. The Bertz CT molecular complexity index is 853. The first-order valence-electron chi connectivity index (χ1n) is 9.40. The maximum Gasteiger partial charge on any atom is 0.139 e. The number of hydrogen-bond acceptors (Lipinski definition) is 3. The number of aliphatic imine (C=N–C) groups is 1. The normalized spacial score (nSPS) is 17.4. The summed E-state index contributed by atoms with van der Waals surface area (Å²) in [6, 6.07) is 9.81. The first kappa shape index (κ1) is 17.4. The standard InChI is InChI=1S/C22H23ClN2O/c1-14(15-5-7-18(23)8-6-15)9-20(26)11-19-10-17-12-25-22(16-3-2-4-16)21(17)13-24-19/h5-8,10,13-14,16H,2-4,9,11-12H2,1H3/t14-/m0/s1. The quantitative estimate of drug-likeness (QED) is 0.710. The molecular formula is C22H23ClN2O. The van der Waals surface area contributed by atoms with Gasteiger partial charge in [-0.25, -0.2) is 0 Å². The molecule has 2 aromatic rings. The molecular weight excluding hydrogens is 344 g/mol. The molecule has 0 amide bonds. The molecule has 0 unspecified atom stereocenters. The van der Waals surface area contributed by atoms with Gasteiger partial charge in [0, 0.05) is 46.9 Å². The molecule has 1 aliphatic heterocycles. The lowest BCUT2D eigenvalue weighted by atomic mass is 9.79. The lowest BCUT2D eigenvalue weighted by Gasteiger charge is -2.25. The molecule has 0 saturated heterocycles. The zero-order valence-electron chi connectivity index (χ0n) is 15.0. The predicted octanol–water partition coefficient (Wildman–Crippen LogP) is 5.14. The highest BCUT2D eigenvalue weighted by Gasteiger charge is 2.29. The fourth-order valence-corrected chi connectivity index (χ4v) is 3.94. The second kappa shape index (κ2) is 7.32. The van der Waals surface area contributed by atoms with Crippen LogP contribution in [0.15, 0.2) is 41.5 Å². The van der Waals surface area contributed by atoms with Crippen molar-refractivity contribution in [2.45, 2.75) is 51.5 Å². The van der Waals surface area contributed by atoms with E-state index in [-0.39, 0.29) is 11.7 Å². The molecule has 2 heterocycles. The molecule has 0 N–H and O–H groups in total. The SMILES string of the molecule is C[C@@H](CC(=O)Cc1cc2c(cn1)C(C1CCC1)=NC2)c1ccc(Cl)cc1. The largest absolute Gasteiger partial charge is 0.299 e. The maximum atomic E-state index is 12.5. The van der Waals surface area contributed by atoms with Gasteiger partial charge in [-0.2, -0.15) is 0 Å². The summed E-state index contributed by atoms with van der Waals surface area (Å²) in [6.07, 6.45) is 6.66. The summed E-state index contributed by atoms with van der Waals surface area (Å²) in [5.74, 6) is 1.03. The number of fused-ring (bicyclic) bond motifs is 1. The van der Waals surface area contributed by atoms with Crippen LogP contribution in [0.1, 0.15) is 60.9 Å². The molecule has 26 heavy (non-hydrogen) atoms. The van der Waals surface area contributed by atoms with Crippen molar-refractivity contribution < 1.29 is 4.79 Å². The van der Waals surface area contributed by atoms with Crippen molar-refractivity contribution in [3.05, 3.63) is 63.9 Å². The molecule has 2 aliphatic rings. The van der Waals surface area contributed by atoms with Crippen LogP contribution in [0.3, 0.4) is 0 Å². The van der Waals surface area contributed by atoms with Crippen LogP contribution in [0.2, 0.25) is 5.02 Å². The minimum Gasteiger partial charge on any atom is -0.299 e. The van der Waals surface area contributed by atoms with E-state index in [2.05, 4.69) is 18.0 Å². The number of hydrogen-bond donors (Lipinski definition) is 0. The zero-order valence-corrected chi connectivity index (χ0v) is 15.8. The Balaban J connectivity index is 1.38. The molecule has 0 bridgehead atoms. The molecule has 134 valence electrons. The number of Topliss-reactive ketones (excluding diaryl/α,β-unsaturated/α-hetero) is 1. The molecule has 4 rings (SSSR count). The average Bonchev–Trinajstić information content (AvgIpc) is 2.96. The Morgan fingerprint density at radius 3 is 2.73 bits per heavy atom. The summed E-state index contributed by atoms with van der Waals surface area (Å²) in [5, 5.41) is 0.720. The maximum absolute atomic E-state index is 12.5. The van der Waals surface area contributed by atoms with Crippen LogP contribution in [0.25, 0.3) is 0 Å². The number of rotatable bonds is 6. The van der Waals surface area contributed by atoms with E-state index in [4.69, 9.17) is 16.6 Å². The Morgan fingerprint density at radius 2 is 2.04 bits per heavy atom. The number of pyridine rings is 1. The van der Waals surface area contributed by atoms with Crippen LogP contribution < -0.4 is 0 Å². The van der Waals surface area contributed by atoms with E-state index in [1.54, 1.807) is 0 Å². The van der Waals surface area contributed by atoms with Gasteiger partial charge in [0.1, 0.15) is 5.78 Å². The van der Waals surface area contributed by atoms with Crippen molar-refractivity contribution in [2.24, 2.45) is 10.9 Å². The number of carbonyl (C=O) groups excluding carboxylic acids is 1. The number of aromatic nitrogens is 1. The Morgan fingerprint density at radius 1 is 1.27 bits per heavy atom. The van der Waals surface area contributed by atoms with Gasteiger partial charge in [-0.15, -0.1) is 0 Å². The summed E-state index contributed by atoms with van der Waals surface area (Å²) in [5.41, 5.74) is 5.69. The molecule has 1 aromatic carbocycles. The first-order chi connectivity index (χ1) is 12.6. The van der Waals surface area contributed by atoms with Gasteiger partial charge in [0.15, 0.2) is 0 Å². The minimum atomic E-state index is 0.183. The van der Waals surface area contributed by atoms with Crippen molar-refractivity contribution >= 4 is 23.1 Å². The molecule has 0 radical (unpaired) electrons. The highest BCUT2D eigenvalue weighted by Crippen LogP contribution is 2.34. The van der Waals surface area contributed by atoms with Gasteiger partial charge < -0.3 is 0 Å². The molecule has 1 saturated carbocycles. The monoisotopic (exact) mass is 366 g/mol. The Hall–Kier alpha value is -2.00. The van der Waals surface area contributed by atoms with Gasteiger partial charge >= 0.3 is 0 Å². The van der Waals surface area contributed by atoms with Gasteiger partial charge in [-0.3, -0.25) is 14.8 Å². The van der Waals surface area contributed by atoms with E-state index >= 15 is 0 Å². The van der Waals surface area contributed by atoms with Crippen LogP contribution in [0.5, 0.6) is 0 Å². The van der Waals surface area contributed by atoms with Gasteiger partial charge in [0.25, 0.3) is 0 Å². The van der Waals surface area contributed by atoms with E-state index in [1.807, 2.05) is 30.5 Å². The Kier molecular flexibility index (Phi) is 4.90. The van der Waals surface area contributed by atoms with E-state index < -0.39 is 0 Å². The molecule has 1 atom stereocenters. The minimum absolute atomic E-state index is 0.183. The topological polar surface area (TPSA) is 42.3 Å². The van der Waals surface area contributed by atoms with Crippen molar-refractivity contribution in [2.75, 3.05) is 0 Å². The van der Waals surface area contributed by atoms with Gasteiger partial charge in [0.2, 0.25) is 0 Å². The molecule has 3 nitrogen and oxygen atoms in total. The smallest absolute Gasteiger partial charge is 0.139 e. The summed E-state index contributed by atoms with van der Waals surface area (Å²) in [6.45, 7) is 2.82. The highest BCUT2D eigenvalue weighted by molar-refractivity contribution is 6.30. The summed E-state index contributed by atoms with van der Waals surface area (Å²) in [4.78, 5) is 21.8. The van der Waals surface area contributed by atoms with Crippen LogP contribution >= 0.6 is 11.6 Å². The van der Waals surface area contributed by atoms with Crippen molar-refractivity contribution in [3.8, 4) is 0 Å². The van der Waals surface area contributed by atoms with E-state index in [0.717, 1.165) is 22.8 Å². The molecule has 1 aliphatic carbocycles. The van der Waals surface area contributed by atoms with E-state index in [1.165, 1.54) is 36.1 Å². The van der Waals surface area contributed by atoms with Crippen LogP contribution in [-0.2, 0) is 17.8 Å². The van der Waals surface area contributed by atoms with E-state index in [9.17, 15) is 4.79 Å². The summed E-state index contributed by atoms with van der Waals surface area (Å²) >= 11 is 5.93.